The van der Waals surface area contributed by atoms with Gasteiger partial charge in [0.25, 0.3) is 5.91 Å². The Bertz CT molecular complexity index is 853. The minimum Gasteiger partial charge on any atom is -0.320 e. The molecule has 0 fully saturated rings. The van der Waals surface area contributed by atoms with Crippen LogP contribution in [0.5, 0.6) is 0 Å². The van der Waals surface area contributed by atoms with Crippen molar-refractivity contribution < 1.29 is 4.79 Å². The zero-order valence-corrected chi connectivity index (χ0v) is 15.0. The standard InChI is InChI=1S/C18H16IN3O/c1-12-11-13(2)22(21-12)17-6-4-3-5-16(17)20-18(23)14-7-9-15(19)10-8-14/h3-11H,1-2H3,(H,20,23). The molecule has 0 aliphatic carbocycles. The lowest BCUT2D eigenvalue weighted by atomic mass is 10.2. The van der Waals surface area contributed by atoms with Crippen LogP contribution in [0.1, 0.15) is 21.7 Å². The van der Waals surface area contributed by atoms with Gasteiger partial charge in [-0.1, -0.05) is 12.1 Å². The average Bonchev–Trinajstić information content (AvgIpc) is 2.87. The van der Waals surface area contributed by atoms with Gasteiger partial charge < -0.3 is 5.32 Å². The second kappa shape index (κ2) is 6.54. The lowest BCUT2D eigenvalue weighted by molar-refractivity contribution is 0.102. The van der Waals surface area contributed by atoms with Gasteiger partial charge in [-0.3, -0.25) is 4.79 Å². The summed E-state index contributed by atoms with van der Waals surface area (Å²) < 4.78 is 2.95. The Kier molecular flexibility index (Phi) is 4.47. The zero-order chi connectivity index (χ0) is 16.4. The Morgan fingerprint density at radius 3 is 2.43 bits per heavy atom. The number of benzene rings is 2. The highest BCUT2D eigenvalue weighted by molar-refractivity contribution is 14.1. The van der Waals surface area contributed by atoms with E-state index >= 15 is 0 Å². The van der Waals surface area contributed by atoms with E-state index in [2.05, 4.69) is 33.0 Å². The molecule has 3 aromatic rings. The van der Waals surface area contributed by atoms with Gasteiger partial charge in [0.1, 0.15) is 0 Å². The van der Waals surface area contributed by atoms with E-state index in [1.165, 1.54) is 0 Å². The third-order valence-corrected chi connectivity index (χ3v) is 4.22. The molecule has 0 saturated carbocycles. The van der Waals surface area contributed by atoms with Gasteiger partial charge in [0.05, 0.1) is 17.1 Å². The first-order valence-electron chi connectivity index (χ1n) is 7.24. The van der Waals surface area contributed by atoms with E-state index in [1.807, 2.05) is 73.1 Å². The minimum atomic E-state index is -0.129. The van der Waals surface area contributed by atoms with Gasteiger partial charge >= 0.3 is 0 Å². The van der Waals surface area contributed by atoms with Gasteiger partial charge in [-0.05, 0) is 78.9 Å². The number of carbonyl (C=O) groups is 1. The second-order valence-electron chi connectivity index (χ2n) is 5.32. The second-order valence-corrected chi connectivity index (χ2v) is 6.56. The summed E-state index contributed by atoms with van der Waals surface area (Å²) in [6.07, 6.45) is 0. The lowest BCUT2D eigenvalue weighted by Gasteiger charge is -2.12. The van der Waals surface area contributed by atoms with Crippen molar-refractivity contribution >= 4 is 34.2 Å². The summed E-state index contributed by atoms with van der Waals surface area (Å²) in [5.41, 5.74) is 4.20. The summed E-state index contributed by atoms with van der Waals surface area (Å²) in [5, 5.41) is 7.48. The number of amides is 1. The number of aromatic nitrogens is 2. The average molecular weight is 417 g/mol. The summed E-state index contributed by atoms with van der Waals surface area (Å²) in [4.78, 5) is 12.5. The van der Waals surface area contributed by atoms with E-state index in [0.717, 1.165) is 26.3 Å². The molecule has 0 bridgehead atoms. The fourth-order valence-electron chi connectivity index (χ4n) is 2.43. The molecule has 0 aliphatic rings. The van der Waals surface area contributed by atoms with Crippen LogP contribution in [0.4, 0.5) is 5.69 Å². The Balaban J connectivity index is 1.93. The topological polar surface area (TPSA) is 46.9 Å². The molecule has 3 rings (SSSR count). The Labute approximate surface area is 148 Å². The maximum atomic E-state index is 12.5. The highest BCUT2D eigenvalue weighted by Gasteiger charge is 2.12. The summed E-state index contributed by atoms with van der Waals surface area (Å²) in [6.45, 7) is 3.95. The van der Waals surface area contributed by atoms with Crippen LogP contribution in [-0.2, 0) is 0 Å². The maximum Gasteiger partial charge on any atom is 0.255 e. The van der Waals surface area contributed by atoms with Crippen molar-refractivity contribution in [2.75, 3.05) is 5.32 Å². The number of anilines is 1. The highest BCUT2D eigenvalue weighted by Crippen LogP contribution is 2.22. The van der Waals surface area contributed by atoms with E-state index in [9.17, 15) is 4.79 Å². The van der Waals surface area contributed by atoms with Crippen LogP contribution in [0.15, 0.2) is 54.6 Å². The van der Waals surface area contributed by atoms with Crippen molar-refractivity contribution in [3.63, 3.8) is 0 Å². The normalized spacial score (nSPS) is 10.6. The van der Waals surface area contributed by atoms with E-state index < -0.39 is 0 Å². The van der Waals surface area contributed by atoms with Crippen LogP contribution in [0, 0.1) is 17.4 Å². The van der Waals surface area contributed by atoms with Gasteiger partial charge in [0, 0.05) is 14.8 Å². The Hall–Kier alpha value is -2.15. The number of nitrogens with zero attached hydrogens (tertiary/aromatic N) is 2. The molecule has 0 saturated heterocycles. The van der Waals surface area contributed by atoms with Crippen molar-refractivity contribution in [3.05, 3.63) is 75.1 Å². The van der Waals surface area contributed by atoms with Gasteiger partial charge in [0.2, 0.25) is 0 Å². The Morgan fingerprint density at radius 1 is 1.09 bits per heavy atom. The number of para-hydroxylation sites is 2. The molecule has 1 amide bonds. The van der Waals surface area contributed by atoms with Gasteiger partial charge in [-0.2, -0.15) is 5.10 Å². The molecule has 0 atom stereocenters. The number of halogens is 1. The quantitative estimate of drug-likeness (QED) is 0.645. The van der Waals surface area contributed by atoms with Crippen LogP contribution in [0.25, 0.3) is 5.69 Å². The van der Waals surface area contributed by atoms with Crippen LogP contribution >= 0.6 is 22.6 Å². The predicted molar refractivity (Wildman–Crippen MR) is 100 cm³/mol. The molecule has 23 heavy (non-hydrogen) atoms. The number of hydrogen-bond acceptors (Lipinski definition) is 2. The molecule has 1 aromatic heterocycles. The molecule has 1 N–H and O–H groups in total. The third kappa shape index (κ3) is 3.44. The van der Waals surface area contributed by atoms with E-state index in [-0.39, 0.29) is 5.91 Å². The SMILES string of the molecule is Cc1cc(C)n(-c2ccccc2NC(=O)c2ccc(I)cc2)n1. The molecule has 0 aliphatic heterocycles. The number of aryl methyl sites for hydroxylation is 2. The molecular formula is C18H16IN3O. The number of rotatable bonds is 3. The van der Waals surface area contributed by atoms with Crippen molar-refractivity contribution in [1.29, 1.82) is 0 Å². The Morgan fingerprint density at radius 2 is 1.78 bits per heavy atom. The first-order chi connectivity index (χ1) is 11.0. The van der Waals surface area contributed by atoms with Crippen LogP contribution in [0.3, 0.4) is 0 Å². The fraction of sp³-hybridized carbons (Fsp3) is 0.111. The van der Waals surface area contributed by atoms with E-state index in [4.69, 9.17) is 0 Å². The minimum absolute atomic E-state index is 0.129. The first kappa shape index (κ1) is 15.7. The van der Waals surface area contributed by atoms with E-state index in [0.29, 0.717) is 5.56 Å². The molecule has 116 valence electrons. The lowest BCUT2D eigenvalue weighted by Crippen LogP contribution is -2.14. The van der Waals surface area contributed by atoms with Gasteiger partial charge in [-0.25, -0.2) is 4.68 Å². The molecule has 2 aromatic carbocycles. The molecular weight excluding hydrogens is 401 g/mol. The predicted octanol–water partition coefficient (Wildman–Crippen LogP) is 4.35. The molecule has 0 unspecified atom stereocenters. The van der Waals surface area contributed by atoms with Crippen LogP contribution in [0.2, 0.25) is 0 Å². The van der Waals surface area contributed by atoms with Crippen molar-refractivity contribution in [2.24, 2.45) is 0 Å². The summed E-state index contributed by atoms with van der Waals surface area (Å²) >= 11 is 2.22. The smallest absolute Gasteiger partial charge is 0.255 e. The van der Waals surface area contributed by atoms with Crippen molar-refractivity contribution in [3.8, 4) is 5.69 Å². The summed E-state index contributed by atoms with van der Waals surface area (Å²) in [6, 6.07) is 17.2. The summed E-state index contributed by atoms with van der Waals surface area (Å²) in [7, 11) is 0. The monoisotopic (exact) mass is 417 g/mol. The molecule has 4 nitrogen and oxygen atoms in total. The largest absolute Gasteiger partial charge is 0.320 e. The fourth-order valence-corrected chi connectivity index (χ4v) is 2.79. The van der Waals surface area contributed by atoms with Crippen molar-refractivity contribution in [2.45, 2.75) is 13.8 Å². The maximum absolute atomic E-state index is 12.5. The number of nitrogens with one attached hydrogen (secondary N) is 1. The van der Waals surface area contributed by atoms with E-state index in [1.54, 1.807) is 0 Å². The zero-order valence-electron chi connectivity index (χ0n) is 12.9. The summed E-state index contributed by atoms with van der Waals surface area (Å²) in [5.74, 6) is -0.129. The van der Waals surface area contributed by atoms with Crippen LogP contribution < -0.4 is 5.32 Å². The van der Waals surface area contributed by atoms with Gasteiger partial charge in [-0.15, -0.1) is 0 Å². The van der Waals surface area contributed by atoms with Crippen LogP contribution in [-0.4, -0.2) is 15.7 Å². The molecule has 5 heteroatoms. The molecule has 0 spiro atoms. The number of carbonyl (C=O) groups excluding carboxylic acids is 1. The third-order valence-electron chi connectivity index (χ3n) is 3.50. The first-order valence-corrected chi connectivity index (χ1v) is 8.32. The molecule has 0 radical (unpaired) electrons. The highest BCUT2D eigenvalue weighted by atomic mass is 127. The number of hydrogen-bond donors (Lipinski definition) is 1. The van der Waals surface area contributed by atoms with Crippen molar-refractivity contribution in [1.82, 2.24) is 9.78 Å². The molecule has 1 heterocycles. The van der Waals surface area contributed by atoms with Gasteiger partial charge in [0.15, 0.2) is 0 Å².